The van der Waals surface area contributed by atoms with Gasteiger partial charge in [0.25, 0.3) is 0 Å². The molecule has 1 N–H and O–H groups in total. The van der Waals surface area contributed by atoms with Gasteiger partial charge in [-0.3, -0.25) is 4.90 Å². The van der Waals surface area contributed by atoms with Crippen LogP contribution in [-0.4, -0.2) is 44.3 Å². The second kappa shape index (κ2) is 6.39. The number of rotatable bonds is 4. The quantitative estimate of drug-likeness (QED) is 0.875. The first-order chi connectivity index (χ1) is 8.79. The van der Waals surface area contributed by atoms with Crippen molar-refractivity contribution in [2.45, 2.75) is 6.92 Å². The first-order valence-corrected chi connectivity index (χ1v) is 6.34. The number of hydrogen-bond donors (Lipinski definition) is 1. The van der Waals surface area contributed by atoms with Gasteiger partial charge in [-0.25, -0.2) is 0 Å². The third kappa shape index (κ3) is 3.46. The summed E-state index contributed by atoms with van der Waals surface area (Å²) in [5.74, 6) is 0. The molecule has 0 spiro atoms. The predicted molar refractivity (Wildman–Crippen MR) is 71.6 cm³/mol. The fourth-order valence-electron chi connectivity index (χ4n) is 2.08. The Labute approximate surface area is 108 Å². The maximum absolute atomic E-state index is 8.87. The van der Waals surface area contributed by atoms with Crippen LogP contribution >= 0.6 is 0 Å². The number of benzene rings is 1. The third-order valence-electron chi connectivity index (χ3n) is 3.21. The highest BCUT2D eigenvalue weighted by Crippen LogP contribution is 2.14. The van der Waals surface area contributed by atoms with E-state index in [9.17, 15) is 0 Å². The highest BCUT2D eigenvalue weighted by atomic mass is 16.5. The van der Waals surface area contributed by atoms with Gasteiger partial charge in [0.1, 0.15) is 0 Å². The number of nitrogens with zero attached hydrogens (tertiary/aromatic N) is 2. The SMILES string of the molecule is Cc1cc(NCCN2CCOCC2)ccc1C#N. The van der Waals surface area contributed by atoms with Gasteiger partial charge in [0, 0.05) is 31.9 Å². The lowest BCUT2D eigenvalue weighted by molar-refractivity contribution is 0.0398. The Morgan fingerprint density at radius 2 is 2.17 bits per heavy atom. The van der Waals surface area contributed by atoms with Crippen LogP contribution in [0.1, 0.15) is 11.1 Å². The van der Waals surface area contributed by atoms with Crippen LogP contribution < -0.4 is 5.32 Å². The molecule has 0 unspecified atom stereocenters. The molecule has 1 aliphatic rings. The van der Waals surface area contributed by atoms with Crippen molar-refractivity contribution in [1.82, 2.24) is 4.90 Å². The molecule has 4 heteroatoms. The van der Waals surface area contributed by atoms with E-state index in [2.05, 4.69) is 16.3 Å². The molecule has 0 radical (unpaired) electrons. The largest absolute Gasteiger partial charge is 0.384 e. The number of morpholine rings is 1. The van der Waals surface area contributed by atoms with Crippen LogP contribution in [-0.2, 0) is 4.74 Å². The number of ether oxygens (including phenoxy) is 1. The number of nitriles is 1. The average Bonchev–Trinajstić information content (AvgIpc) is 2.40. The fraction of sp³-hybridized carbons (Fsp3) is 0.500. The Bertz CT molecular complexity index is 433. The smallest absolute Gasteiger partial charge is 0.0994 e. The lowest BCUT2D eigenvalue weighted by Gasteiger charge is -2.26. The topological polar surface area (TPSA) is 48.3 Å². The molecular weight excluding hydrogens is 226 g/mol. The molecular formula is C14H19N3O. The molecule has 1 aliphatic heterocycles. The van der Waals surface area contributed by atoms with Crippen molar-refractivity contribution in [3.05, 3.63) is 29.3 Å². The fourth-order valence-corrected chi connectivity index (χ4v) is 2.08. The van der Waals surface area contributed by atoms with Crippen LogP contribution in [0.2, 0.25) is 0 Å². The molecule has 18 heavy (non-hydrogen) atoms. The van der Waals surface area contributed by atoms with E-state index >= 15 is 0 Å². The van der Waals surface area contributed by atoms with Gasteiger partial charge in [-0.05, 0) is 30.7 Å². The summed E-state index contributed by atoms with van der Waals surface area (Å²) in [5.41, 5.74) is 2.85. The number of aryl methyl sites for hydroxylation is 1. The summed E-state index contributed by atoms with van der Waals surface area (Å²) in [5, 5.41) is 12.3. The molecule has 96 valence electrons. The molecule has 1 saturated heterocycles. The Morgan fingerprint density at radius 1 is 1.39 bits per heavy atom. The number of nitrogens with one attached hydrogen (secondary N) is 1. The van der Waals surface area contributed by atoms with Gasteiger partial charge in [0.2, 0.25) is 0 Å². The first-order valence-electron chi connectivity index (χ1n) is 6.34. The maximum atomic E-state index is 8.87. The number of hydrogen-bond acceptors (Lipinski definition) is 4. The molecule has 0 saturated carbocycles. The van der Waals surface area contributed by atoms with Gasteiger partial charge in [-0.15, -0.1) is 0 Å². The highest BCUT2D eigenvalue weighted by Gasteiger charge is 2.09. The predicted octanol–water partition coefficient (Wildman–Crippen LogP) is 1.61. The molecule has 2 rings (SSSR count). The van der Waals surface area contributed by atoms with Crippen molar-refractivity contribution in [1.29, 1.82) is 5.26 Å². The van der Waals surface area contributed by atoms with E-state index in [1.165, 1.54) is 0 Å². The minimum Gasteiger partial charge on any atom is -0.384 e. The second-order valence-corrected chi connectivity index (χ2v) is 4.52. The minimum atomic E-state index is 0.744. The molecule has 0 atom stereocenters. The average molecular weight is 245 g/mol. The lowest BCUT2D eigenvalue weighted by atomic mass is 10.1. The zero-order valence-corrected chi connectivity index (χ0v) is 10.8. The van der Waals surface area contributed by atoms with Gasteiger partial charge in [-0.1, -0.05) is 0 Å². The van der Waals surface area contributed by atoms with Crippen LogP contribution in [0.4, 0.5) is 5.69 Å². The van der Waals surface area contributed by atoms with Crippen molar-refractivity contribution >= 4 is 5.69 Å². The minimum absolute atomic E-state index is 0.744. The highest BCUT2D eigenvalue weighted by molar-refractivity contribution is 5.51. The van der Waals surface area contributed by atoms with E-state index in [4.69, 9.17) is 10.00 Å². The van der Waals surface area contributed by atoms with Crippen molar-refractivity contribution in [2.75, 3.05) is 44.7 Å². The maximum Gasteiger partial charge on any atom is 0.0994 e. The van der Waals surface area contributed by atoms with Gasteiger partial charge in [-0.2, -0.15) is 5.26 Å². The van der Waals surface area contributed by atoms with Crippen molar-refractivity contribution in [3.63, 3.8) is 0 Å². The summed E-state index contributed by atoms with van der Waals surface area (Å²) in [6, 6.07) is 8.04. The monoisotopic (exact) mass is 245 g/mol. The van der Waals surface area contributed by atoms with E-state index < -0.39 is 0 Å². The van der Waals surface area contributed by atoms with E-state index in [0.717, 1.165) is 56.2 Å². The summed E-state index contributed by atoms with van der Waals surface area (Å²) in [6.45, 7) is 7.65. The standard InChI is InChI=1S/C14H19N3O/c1-12-10-14(3-2-13(12)11-15)16-4-5-17-6-8-18-9-7-17/h2-3,10,16H,4-9H2,1H3. The van der Waals surface area contributed by atoms with Crippen LogP contribution in [0.25, 0.3) is 0 Å². The summed E-state index contributed by atoms with van der Waals surface area (Å²) >= 11 is 0. The van der Waals surface area contributed by atoms with E-state index in [-0.39, 0.29) is 0 Å². The molecule has 1 fully saturated rings. The zero-order chi connectivity index (χ0) is 12.8. The van der Waals surface area contributed by atoms with Crippen LogP contribution in [0.3, 0.4) is 0 Å². The van der Waals surface area contributed by atoms with Crippen LogP contribution in [0.5, 0.6) is 0 Å². The summed E-state index contributed by atoms with van der Waals surface area (Å²) < 4.78 is 5.31. The first kappa shape index (κ1) is 12.9. The molecule has 0 amide bonds. The third-order valence-corrected chi connectivity index (χ3v) is 3.21. The van der Waals surface area contributed by atoms with E-state index in [1.807, 2.05) is 25.1 Å². The van der Waals surface area contributed by atoms with Crippen LogP contribution in [0, 0.1) is 18.3 Å². The van der Waals surface area contributed by atoms with Gasteiger partial charge in [0.15, 0.2) is 0 Å². The molecule has 1 aromatic carbocycles. The van der Waals surface area contributed by atoms with Crippen LogP contribution in [0.15, 0.2) is 18.2 Å². The Hall–Kier alpha value is -1.57. The molecule has 1 aromatic rings. The Morgan fingerprint density at radius 3 is 2.83 bits per heavy atom. The molecule has 0 bridgehead atoms. The van der Waals surface area contributed by atoms with Gasteiger partial charge < -0.3 is 10.1 Å². The van der Waals surface area contributed by atoms with E-state index in [1.54, 1.807) is 0 Å². The number of anilines is 1. The molecule has 1 heterocycles. The zero-order valence-electron chi connectivity index (χ0n) is 10.8. The van der Waals surface area contributed by atoms with Crippen molar-refractivity contribution in [2.24, 2.45) is 0 Å². The Kier molecular flexibility index (Phi) is 4.57. The normalized spacial score (nSPS) is 16.2. The molecule has 0 aliphatic carbocycles. The molecule has 4 nitrogen and oxygen atoms in total. The molecule has 0 aromatic heterocycles. The summed E-state index contributed by atoms with van der Waals surface area (Å²) in [6.07, 6.45) is 0. The Balaban J connectivity index is 1.79. The summed E-state index contributed by atoms with van der Waals surface area (Å²) in [4.78, 5) is 2.40. The second-order valence-electron chi connectivity index (χ2n) is 4.52. The summed E-state index contributed by atoms with van der Waals surface area (Å²) in [7, 11) is 0. The van der Waals surface area contributed by atoms with Crippen molar-refractivity contribution in [3.8, 4) is 6.07 Å². The van der Waals surface area contributed by atoms with Gasteiger partial charge >= 0.3 is 0 Å². The van der Waals surface area contributed by atoms with Crippen molar-refractivity contribution < 1.29 is 4.74 Å². The van der Waals surface area contributed by atoms with Gasteiger partial charge in [0.05, 0.1) is 24.8 Å². The van der Waals surface area contributed by atoms with E-state index in [0.29, 0.717) is 0 Å². The lowest BCUT2D eigenvalue weighted by Crippen LogP contribution is -2.39.